The van der Waals surface area contributed by atoms with Crippen LogP contribution in [0.2, 0.25) is 0 Å². The summed E-state index contributed by atoms with van der Waals surface area (Å²) in [5.74, 6) is -0.294. The molecule has 0 fully saturated rings. The van der Waals surface area contributed by atoms with E-state index in [4.69, 9.17) is 39.2 Å². The molecule has 2 aromatic rings. The summed E-state index contributed by atoms with van der Waals surface area (Å²) >= 11 is 17.7. The molecule has 1 aromatic heterocycles. The Kier molecular flexibility index (Phi) is 6.15. The summed E-state index contributed by atoms with van der Waals surface area (Å²) < 4.78 is 3.33. The summed E-state index contributed by atoms with van der Waals surface area (Å²) in [5.41, 5.74) is 1.15. The molecule has 7 heteroatoms. The molecule has 2 N–H and O–H groups in total. The fourth-order valence-corrected chi connectivity index (χ4v) is 2.26. The van der Waals surface area contributed by atoms with Crippen LogP contribution in [0.15, 0.2) is 53.1 Å². The Hall–Kier alpha value is -1.20. The molecule has 0 bridgehead atoms. The Balaban J connectivity index is 1.91. The van der Waals surface area contributed by atoms with E-state index in [1.165, 1.54) is 12.3 Å². The smallest absolute Gasteiger partial charge is 0.288 e. The van der Waals surface area contributed by atoms with Gasteiger partial charge in [-0.25, -0.2) is 0 Å². The molecule has 0 radical (unpaired) electrons. The van der Waals surface area contributed by atoms with Crippen molar-refractivity contribution in [3.63, 3.8) is 0 Å². The van der Waals surface area contributed by atoms with Crippen LogP contribution in [0.5, 0.6) is 0 Å². The molecule has 0 aliphatic carbocycles. The van der Waals surface area contributed by atoms with Gasteiger partial charge >= 0.3 is 0 Å². The molecule has 1 aromatic carbocycles. The summed E-state index contributed by atoms with van der Waals surface area (Å²) in [6, 6.07) is 13.0. The van der Waals surface area contributed by atoms with Gasteiger partial charge < -0.3 is 9.73 Å². The summed E-state index contributed by atoms with van der Waals surface area (Å²) in [6.07, 6.45) is 1.32. The van der Waals surface area contributed by atoms with Gasteiger partial charge in [-0.1, -0.05) is 65.1 Å². The molecule has 4 nitrogen and oxygen atoms in total. The van der Waals surface area contributed by atoms with Gasteiger partial charge in [-0.3, -0.25) is 10.1 Å². The van der Waals surface area contributed by atoms with Gasteiger partial charge in [0.25, 0.3) is 5.91 Å². The summed E-state index contributed by atoms with van der Waals surface area (Å²) in [7, 11) is 0. The zero-order valence-corrected chi connectivity index (χ0v) is 13.8. The van der Waals surface area contributed by atoms with Gasteiger partial charge in [-0.15, -0.1) is 0 Å². The lowest BCUT2D eigenvalue weighted by atomic mass is 10.1. The van der Waals surface area contributed by atoms with Crippen molar-refractivity contribution >= 4 is 40.7 Å². The monoisotopic (exact) mass is 360 g/mol. The second kappa shape index (κ2) is 7.88. The van der Waals surface area contributed by atoms with Crippen LogP contribution in [-0.2, 0) is 6.42 Å². The molecule has 118 valence electrons. The molecule has 2 rings (SSSR count). The Morgan fingerprint density at radius 3 is 2.45 bits per heavy atom. The van der Waals surface area contributed by atoms with Gasteiger partial charge in [0, 0.05) is 6.54 Å². The largest absolute Gasteiger partial charge is 0.459 e. The molecule has 0 spiro atoms. The van der Waals surface area contributed by atoms with E-state index in [2.05, 4.69) is 10.6 Å². The first-order valence-corrected chi connectivity index (χ1v) is 7.78. The minimum atomic E-state index is -1.68. The fourth-order valence-electron chi connectivity index (χ4n) is 1.86. The number of furan rings is 1. The predicted molar refractivity (Wildman–Crippen MR) is 88.4 cm³/mol. The average molecular weight is 362 g/mol. The first kappa shape index (κ1) is 17.2. The SMILES string of the molecule is O=C(NC(NCCc1ccccc1)C(Cl)(Cl)Cl)c1ccco1. The molecule has 22 heavy (non-hydrogen) atoms. The molecule has 0 aliphatic heterocycles. The molecular formula is C15H15Cl3N2O2. The van der Waals surface area contributed by atoms with Crippen molar-refractivity contribution in [3.8, 4) is 0 Å². The van der Waals surface area contributed by atoms with E-state index in [-0.39, 0.29) is 5.76 Å². The van der Waals surface area contributed by atoms with E-state index in [1.807, 2.05) is 30.3 Å². The summed E-state index contributed by atoms with van der Waals surface area (Å²) in [4.78, 5) is 12.0. The third kappa shape index (κ3) is 5.21. The van der Waals surface area contributed by atoms with Crippen molar-refractivity contribution in [2.75, 3.05) is 6.54 Å². The number of alkyl halides is 3. The Labute approximate surface area is 143 Å². The Morgan fingerprint density at radius 2 is 1.86 bits per heavy atom. The number of halogens is 3. The highest BCUT2D eigenvalue weighted by molar-refractivity contribution is 6.68. The summed E-state index contributed by atoms with van der Waals surface area (Å²) in [6.45, 7) is 0.543. The van der Waals surface area contributed by atoms with E-state index >= 15 is 0 Å². The zero-order valence-electron chi connectivity index (χ0n) is 11.6. The van der Waals surface area contributed by atoms with Crippen LogP contribution in [0.25, 0.3) is 0 Å². The first-order chi connectivity index (χ1) is 10.5. The molecular weight excluding hydrogens is 347 g/mol. The molecule has 1 heterocycles. The number of benzene rings is 1. The number of carbonyl (C=O) groups is 1. The highest BCUT2D eigenvalue weighted by Crippen LogP contribution is 2.29. The van der Waals surface area contributed by atoms with Crippen LogP contribution in [-0.4, -0.2) is 22.4 Å². The maximum Gasteiger partial charge on any atom is 0.288 e. The van der Waals surface area contributed by atoms with Crippen LogP contribution in [0, 0.1) is 0 Å². The topological polar surface area (TPSA) is 54.3 Å². The van der Waals surface area contributed by atoms with Crippen molar-refractivity contribution in [2.24, 2.45) is 0 Å². The highest BCUT2D eigenvalue weighted by Gasteiger charge is 2.34. The Morgan fingerprint density at radius 1 is 1.14 bits per heavy atom. The van der Waals surface area contributed by atoms with Crippen molar-refractivity contribution in [1.82, 2.24) is 10.6 Å². The Bertz CT molecular complexity index is 583. The minimum Gasteiger partial charge on any atom is -0.459 e. The summed E-state index contributed by atoms with van der Waals surface area (Å²) in [5, 5.41) is 5.64. The van der Waals surface area contributed by atoms with Crippen LogP contribution >= 0.6 is 34.8 Å². The first-order valence-electron chi connectivity index (χ1n) is 6.65. The van der Waals surface area contributed by atoms with Gasteiger partial charge in [0.1, 0.15) is 6.17 Å². The van der Waals surface area contributed by atoms with Crippen molar-refractivity contribution in [3.05, 3.63) is 60.1 Å². The quantitative estimate of drug-likeness (QED) is 0.611. The standard InChI is InChI=1S/C15H15Cl3N2O2/c16-15(17,18)14(20-13(21)12-7-4-10-22-12)19-9-8-11-5-2-1-3-6-11/h1-7,10,14,19H,8-9H2,(H,20,21). The predicted octanol–water partition coefficient (Wildman–Crippen LogP) is 3.54. The van der Waals surface area contributed by atoms with E-state index < -0.39 is 15.9 Å². The van der Waals surface area contributed by atoms with Crippen LogP contribution in [0.3, 0.4) is 0 Å². The van der Waals surface area contributed by atoms with Gasteiger partial charge in [-0.05, 0) is 24.1 Å². The average Bonchev–Trinajstić information content (AvgIpc) is 3.00. The van der Waals surface area contributed by atoms with Crippen molar-refractivity contribution < 1.29 is 9.21 Å². The normalized spacial score (nSPS) is 12.9. The van der Waals surface area contributed by atoms with E-state index in [0.717, 1.165) is 12.0 Å². The molecule has 1 atom stereocenters. The number of hydrogen-bond donors (Lipinski definition) is 2. The lowest BCUT2D eigenvalue weighted by Gasteiger charge is -2.26. The van der Waals surface area contributed by atoms with Crippen molar-refractivity contribution in [2.45, 2.75) is 16.4 Å². The second-order valence-corrected chi connectivity index (χ2v) is 6.98. The third-order valence-electron chi connectivity index (χ3n) is 2.95. The number of nitrogens with one attached hydrogen (secondary N) is 2. The second-order valence-electron chi connectivity index (χ2n) is 4.62. The number of hydrogen-bond acceptors (Lipinski definition) is 3. The van der Waals surface area contributed by atoms with E-state index in [1.54, 1.807) is 6.07 Å². The van der Waals surface area contributed by atoms with Gasteiger partial charge in [0.2, 0.25) is 3.79 Å². The molecule has 1 unspecified atom stereocenters. The highest BCUT2D eigenvalue weighted by atomic mass is 35.6. The molecule has 0 saturated carbocycles. The maximum absolute atomic E-state index is 12.0. The van der Waals surface area contributed by atoms with Gasteiger partial charge in [-0.2, -0.15) is 0 Å². The van der Waals surface area contributed by atoms with Crippen LogP contribution in [0.1, 0.15) is 16.1 Å². The fraction of sp³-hybridized carbons (Fsp3) is 0.267. The third-order valence-corrected chi connectivity index (χ3v) is 3.61. The number of carbonyl (C=O) groups excluding carboxylic acids is 1. The molecule has 0 saturated heterocycles. The molecule has 0 aliphatic rings. The molecule has 1 amide bonds. The van der Waals surface area contributed by atoms with E-state index in [9.17, 15) is 4.79 Å². The lowest BCUT2D eigenvalue weighted by Crippen LogP contribution is -2.53. The minimum absolute atomic E-state index is 0.157. The van der Waals surface area contributed by atoms with Crippen LogP contribution in [0.4, 0.5) is 0 Å². The van der Waals surface area contributed by atoms with Gasteiger partial charge in [0.05, 0.1) is 6.26 Å². The van der Waals surface area contributed by atoms with Crippen molar-refractivity contribution in [1.29, 1.82) is 0 Å². The number of amides is 1. The zero-order chi connectivity index (χ0) is 16.0. The number of rotatable bonds is 6. The lowest BCUT2D eigenvalue weighted by molar-refractivity contribution is 0.0902. The van der Waals surface area contributed by atoms with Crippen LogP contribution < -0.4 is 10.6 Å². The maximum atomic E-state index is 12.0. The van der Waals surface area contributed by atoms with Gasteiger partial charge in [0.15, 0.2) is 5.76 Å². The van der Waals surface area contributed by atoms with E-state index in [0.29, 0.717) is 6.54 Å².